The van der Waals surface area contributed by atoms with Crippen molar-refractivity contribution in [1.29, 1.82) is 0 Å². The number of fused-ring (bicyclic) bond motifs is 3. The minimum atomic E-state index is -0.465. The van der Waals surface area contributed by atoms with Crippen LogP contribution in [0.25, 0.3) is 0 Å². The fourth-order valence-corrected chi connectivity index (χ4v) is 2.54. The zero-order chi connectivity index (χ0) is 10.4. The Labute approximate surface area is 89.8 Å². The van der Waals surface area contributed by atoms with Crippen LogP contribution < -0.4 is 5.32 Å². The molecule has 0 spiro atoms. The molecule has 5 heteroatoms. The van der Waals surface area contributed by atoms with Crippen LogP contribution in [0, 0.1) is 0 Å². The van der Waals surface area contributed by atoms with E-state index in [2.05, 4.69) is 10.3 Å². The summed E-state index contributed by atoms with van der Waals surface area (Å²) >= 11 is 0.967. The largest absolute Gasteiger partial charge is 0.324 e. The Morgan fingerprint density at radius 1 is 1.27 bits per heavy atom. The maximum atomic E-state index is 11.6. The predicted octanol–water partition coefficient (Wildman–Crippen LogP) is 1.66. The Kier molecular flexibility index (Phi) is 1.70. The van der Waals surface area contributed by atoms with Gasteiger partial charge in [-0.25, -0.2) is 4.99 Å². The van der Waals surface area contributed by atoms with Gasteiger partial charge in [0, 0.05) is 11.3 Å². The first kappa shape index (κ1) is 8.67. The van der Waals surface area contributed by atoms with Crippen LogP contribution in [0.2, 0.25) is 0 Å². The molecule has 74 valence electrons. The van der Waals surface area contributed by atoms with E-state index in [0.29, 0.717) is 5.71 Å². The third kappa shape index (κ3) is 1.20. The van der Waals surface area contributed by atoms with E-state index < -0.39 is 5.25 Å². The van der Waals surface area contributed by atoms with Gasteiger partial charge in [0.25, 0.3) is 0 Å². The molecule has 4 nitrogen and oxygen atoms in total. The lowest BCUT2D eigenvalue weighted by Gasteiger charge is -2.20. The quantitative estimate of drug-likeness (QED) is 0.720. The number of hydrogen-bond donors (Lipinski definition) is 1. The van der Waals surface area contributed by atoms with Gasteiger partial charge in [-0.15, -0.1) is 0 Å². The van der Waals surface area contributed by atoms with E-state index in [1.807, 2.05) is 18.2 Å². The normalized spacial score (nSPS) is 22.9. The molecule has 1 unspecified atom stereocenters. The van der Waals surface area contributed by atoms with Gasteiger partial charge in [-0.05, 0) is 17.8 Å². The number of carbonyl (C=O) groups is 2. The topological polar surface area (TPSA) is 58.5 Å². The Hall–Kier alpha value is -1.62. The maximum absolute atomic E-state index is 11.6. The lowest BCUT2D eigenvalue weighted by atomic mass is 10.0. The van der Waals surface area contributed by atoms with Gasteiger partial charge in [0.05, 0.1) is 5.71 Å². The molecular weight excluding hydrogens is 212 g/mol. The van der Waals surface area contributed by atoms with E-state index in [9.17, 15) is 9.59 Å². The minimum absolute atomic E-state index is 0.164. The second kappa shape index (κ2) is 2.93. The molecule has 1 aromatic carbocycles. The Morgan fingerprint density at radius 3 is 2.93 bits per heavy atom. The van der Waals surface area contributed by atoms with Crippen LogP contribution in [0.4, 0.5) is 10.5 Å². The summed E-state index contributed by atoms with van der Waals surface area (Å²) in [5, 5.41) is 2.00. The van der Waals surface area contributed by atoms with E-state index in [4.69, 9.17) is 0 Å². The molecule has 0 fully saturated rings. The zero-order valence-corrected chi connectivity index (χ0v) is 8.38. The number of aliphatic imine (C=N–C) groups is 1. The first-order valence-electron chi connectivity index (χ1n) is 4.45. The van der Waals surface area contributed by atoms with Crippen molar-refractivity contribution in [1.82, 2.24) is 0 Å². The SMILES string of the molecule is O=C1N=C2c3ccccc3NC(=O)C2S1. The number of para-hydroxylation sites is 1. The second-order valence-corrected chi connectivity index (χ2v) is 4.35. The van der Waals surface area contributed by atoms with E-state index in [1.54, 1.807) is 6.07 Å². The molecule has 15 heavy (non-hydrogen) atoms. The fourth-order valence-electron chi connectivity index (χ4n) is 1.73. The predicted molar refractivity (Wildman–Crippen MR) is 58.4 cm³/mol. The zero-order valence-electron chi connectivity index (χ0n) is 7.56. The number of nitrogens with one attached hydrogen (secondary N) is 1. The first-order valence-corrected chi connectivity index (χ1v) is 5.33. The van der Waals surface area contributed by atoms with Crippen molar-refractivity contribution in [3.05, 3.63) is 29.8 Å². The molecule has 0 aromatic heterocycles. The average Bonchev–Trinajstić information content (AvgIpc) is 2.61. The summed E-state index contributed by atoms with van der Waals surface area (Å²) in [6, 6.07) is 7.37. The molecule has 2 aliphatic rings. The standard InChI is InChI=1S/C10H6N2O2S/c13-9-8-7(12-10(14)15-8)5-3-1-2-4-6(5)11-9/h1-4,8H,(H,11,13). The molecule has 0 saturated carbocycles. The monoisotopic (exact) mass is 218 g/mol. The van der Waals surface area contributed by atoms with Crippen molar-refractivity contribution in [2.75, 3.05) is 5.32 Å². The van der Waals surface area contributed by atoms with Crippen LogP contribution in [0.1, 0.15) is 5.56 Å². The summed E-state index contributed by atoms with van der Waals surface area (Å²) in [6.45, 7) is 0. The Balaban J connectivity index is 2.22. The molecule has 2 aliphatic heterocycles. The summed E-state index contributed by atoms with van der Waals surface area (Å²) in [7, 11) is 0. The Morgan fingerprint density at radius 2 is 2.07 bits per heavy atom. The van der Waals surface area contributed by atoms with Crippen molar-refractivity contribution in [2.24, 2.45) is 4.99 Å². The van der Waals surface area contributed by atoms with E-state index >= 15 is 0 Å². The summed E-state index contributed by atoms with van der Waals surface area (Å²) in [5.41, 5.74) is 2.16. The first-order chi connectivity index (χ1) is 7.25. The third-order valence-corrected chi connectivity index (χ3v) is 3.34. The van der Waals surface area contributed by atoms with Crippen molar-refractivity contribution >= 4 is 34.3 Å². The number of nitrogens with zero attached hydrogens (tertiary/aromatic N) is 1. The van der Waals surface area contributed by atoms with Crippen molar-refractivity contribution < 1.29 is 9.59 Å². The minimum Gasteiger partial charge on any atom is -0.324 e. The Bertz CT molecular complexity index is 510. The molecule has 3 rings (SSSR count). The number of anilines is 1. The van der Waals surface area contributed by atoms with E-state index in [1.165, 1.54) is 0 Å². The highest BCUT2D eigenvalue weighted by atomic mass is 32.2. The van der Waals surface area contributed by atoms with Gasteiger partial charge in [0.15, 0.2) is 0 Å². The second-order valence-electron chi connectivity index (χ2n) is 3.30. The van der Waals surface area contributed by atoms with E-state index in [-0.39, 0.29) is 11.1 Å². The van der Waals surface area contributed by atoms with Crippen LogP contribution in [-0.4, -0.2) is 22.1 Å². The lowest BCUT2D eigenvalue weighted by molar-refractivity contribution is -0.114. The van der Waals surface area contributed by atoms with Crippen LogP contribution in [0.5, 0.6) is 0 Å². The van der Waals surface area contributed by atoms with Crippen LogP contribution in [0.15, 0.2) is 29.3 Å². The molecule has 1 aromatic rings. The molecule has 2 heterocycles. The number of carbonyl (C=O) groups excluding carboxylic acids is 2. The van der Waals surface area contributed by atoms with E-state index in [0.717, 1.165) is 23.0 Å². The highest BCUT2D eigenvalue weighted by Crippen LogP contribution is 2.34. The molecular formula is C10H6N2O2S. The lowest BCUT2D eigenvalue weighted by Crippen LogP contribution is -2.36. The molecule has 0 aliphatic carbocycles. The van der Waals surface area contributed by atoms with Gasteiger partial charge in [-0.2, -0.15) is 0 Å². The summed E-state index contributed by atoms with van der Waals surface area (Å²) in [4.78, 5) is 26.7. The fraction of sp³-hybridized carbons (Fsp3) is 0.100. The number of benzene rings is 1. The molecule has 1 N–H and O–H groups in total. The number of hydrogen-bond acceptors (Lipinski definition) is 3. The maximum Gasteiger partial charge on any atom is 0.306 e. The smallest absolute Gasteiger partial charge is 0.306 e. The van der Waals surface area contributed by atoms with Crippen LogP contribution >= 0.6 is 11.8 Å². The number of thioether (sulfide) groups is 1. The summed E-state index contributed by atoms with van der Waals surface area (Å²) in [6.07, 6.45) is 0. The third-order valence-electron chi connectivity index (χ3n) is 2.38. The van der Waals surface area contributed by atoms with Crippen LogP contribution in [0.3, 0.4) is 0 Å². The molecule has 0 radical (unpaired) electrons. The number of rotatable bonds is 0. The van der Waals surface area contributed by atoms with Gasteiger partial charge >= 0.3 is 5.24 Å². The van der Waals surface area contributed by atoms with Gasteiger partial charge in [0.1, 0.15) is 5.25 Å². The molecule has 1 atom stereocenters. The summed E-state index contributed by atoms with van der Waals surface area (Å²) in [5.74, 6) is -0.164. The molecule has 2 amide bonds. The number of amides is 2. The molecule has 0 bridgehead atoms. The highest BCUT2D eigenvalue weighted by Gasteiger charge is 2.39. The van der Waals surface area contributed by atoms with Gasteiger partial charge < -0.3 is 5.32 Å². The van der Waals surface area contributed by atoms with Gasteiger partial charge in [-0.1, -0.05) is 18.2 Å². The summed E-state index contributed by atoms with van der Waals surface area (Å²) < 4.78 is 0. The average molecular weight is 218 g/mol. The van der Waals surface area contributed by atoms with Crippen molar-refractivity contribution in [3.8, 4) is 0 Å². The van der Waals surface area contributed by atoms with Crippen LogP contribution in [-0.2, 0) is 4.79 Å². The van der Waals surface area contributed by atoms with Crippen molar-refractivity contribution in [3.63, 3.8) is 0 Å². The molecule has 0 saturated heterocycles. The highest BCUT2D eigenvalue weighted by molar-refractivity contribution is 8.15. The van der Waals surface area contributed by atoms with Gasteiger partial charge in [0.2, 0.25) is 5.91 Å². The van der Waals surface area contributed by atoms with Gasteiger partial charge in [-0.3, -0.25) is 9.59 Å². The van der Waals surface area contributed by atoms with Crippen molar-refractivity contribution in [2.45, 2.75) is 5.25 Å².